The van der Waals surface area contributed by atoms with E-state index in [-0.39, 0.29) is 5.91 Å². The Bertz CT molecular complexity index is 610. The maximum atomic E-state index is 12.4. The van der Waals surface area contributed by atoms with E-state index in [4.69, 9.17) is 11.6 Å². The first-order valence-electron chi connectivity index (χ1n) is 5.79. The van der Waals surface area contributed by atoms with Gasteiger partial charge in [-0.15, -0.1) is 0 Å². The molecule has 2 rings (SSSR count). The Morgan fingerprint density at radius 3 is 2.37 bits per heavy atom. The maximum absolute atomic E-state index is 12.4. The van der Waals surface area contributed by atoms with Crippen LogP contribution < -0.4 is 4.90 Å². The molecule has 0 aliphatic carbocycles. The molecule has 2 aromatic rings. The van der Waals surface area contributed by atoms with E-state index >= 15 is 0 Å². The number of hydrogen-bond acceptors (Lipinski definition) is 1. The van der Waals surface area contributed by atoms with Crippen LogP contribution in [0.1, 0.15) is 15.9 Å². The third-order valence-electron chi connectivity index (χ3n) is 2.94. The van der Waals surface area contributed by atoms with Gasteiger partial charge in [0.1, 0.15) is 0 Å². The molecule has 4 heteroatoms. The first-order valence-corrected chi connectivity index (χ1v) is 7.24. The number of aryl methyl sites for hydroxylation is 1. The van der Waals surface area contributed by atoms with Gasteiger partial charge >= 0.3 is 0 Å². The van der Waals surface area contributed by atoms with Crippen molar-refractivity contribution in [3.8, 4) is 0 Å². The maximum Gasteiger partial charge on any atom is 0.258 e. The Hall–Kier alpha value is -1.07. The smallest absolute Gasteiger partial charge is 0.258 e. The van der Waals surface area contributed by atoms with Gasteiger partial charge < -0.3 is 4.90 Å². The van der Waals surface area contributed by atoms with Crippen molar-refractivity contribution in [2.24, 2.45) is 0 Å². The van der Waals surface area contributed by atoms with Gasteiger partial charge in [0, 0.05) is 26.9 Å². The monoisotopic (exact) mass is 385 g/mol. The largest absolute Gasteiger partial charge is 0.311 e. The van der Waals surface area contributed by atoms with Crippen LogP contribution in [0.2, 0.25) is 5.02 Å². The molecule has 1 amide bonds. The molecule has 0 heterocycles. The number of amides is 1. The third kappa shape index (κ3) is 3.28. The van der Waals surface area contributed by atoms with E-state index in [2.05, 4.69) is 22.6 Å². The highest BCUT2D eigenvalue weighted by Gasteiger charge is 2.14. The van der Waals surface area contributed by atoms with Gasteiger partial charge in [-0.05, 0) is 71.5 Å². The molecule has 0 aliphatic rings. The normalized spacial score (nSPS) is 10.3. The van der Waals surface area contributed by atoms with E-state index in [1.807, 2.05) is 37.3 Å². The Kier molecular flexibility index (Phi) is 4.47. The van der Waals surface area contributed by atoms with Crippen molar-refractivity contribution in [3.63, 3.8) is 0 Å². The molecule has 0 bridgehead atoms. The second kappa shape index (κ2) is 5.92. The summed E-state index contributed by atoms with van der Waals surface area (Å²) in [7, 11) is 1.76. The van der Waals surface area contributed by atoms with E-state index in [9.17, 15) is 4.79 Å². The van der Waals surface area contributed by atoms with Gasteiger partial charge in [0.05, 0.1) is 0 Å². The molecule has 0 unspecified atom stereocenters. The summed E-state index contributed by atoms with van der Waals surface area (Å²) in [5, 5.41) is 0.662. The number of hydrogen-bond donors (Lipinski definition) is 0. The minimum absolute atomic E-state index is 0.0276. The first-order chi connectivity index (χ1) is 8.99. The molecule has 19 heavy (non-hydrogen) atoms. The minimum atomic E-state index is -0.0276. The molecule has 98 valence electrons. The molecule has 2 nitrogen and oxygen atoms in total. The van der Waals surface area contributed by atoms with Gasteiger partial charge in [0.2, 0.25) is 0 Å². The summed E-state index contributed by atoms with van der Waals surface area (Å²) in [5.74, 6) is -0.0276. The van der Waals surface area contributed by atoms with Crippen LogP contribution in [0.15, 0.2) is 42.5 Å². The number of benzene rings is 2. The number of nitrogens with zero attached hydrogens (tertiary/aromatic N) is 1. The van der Waals surface area contributed by atoms with Crippen LogP contribution in [0.4, 0.5) is 5.69 Å². The van der Waals surface area contributed by atoms with Crippen molar-refractivity contribution in [1.82, 2.24) is 0 Å². The zero-order chi connectivity index (χ0) is 14.0. The molecular formula is C15H13ClINO. The highest BCUT2D eigenvalue weighted by atomic mass is 127. The van der Waals surface area contributed by atoms with Crippen LogP contribution in [-0.4, -0.2) is 13.0 Å². The van der Waals surface area contributed by atoms with Gasteiger partial charge in [0.15, 0.2) is 0 Å². The lowest BCUT2D eigenvalue weighted by molar-refractivity contribution is 0.0993. The van der Waals surface area contributed by atoms with E-state index in [0.29, 0.717) is 10.6 Å². The standard InChI is InChI=1S/C15H13ClINO/c1-10-3-4-11(9-14(10)17)15(19)18(2)13-7-5-12(16)6-8-13/h3-9H,1-2H3. The average molecular weight is 386 g/mol. The molecule has 0 radical (unpaired) electrons. The van der Waals surface area contributed by atoms with E-state index in [1.54, 1.807) is 24.1 Å². The van der Waals surface area contributed by atoms with Crippen LogP contribution in [0.3, 0.4) is 0 Å². The van der Waals surface area contributed by atoms with E-state index in [0.717, 1.165) is 9.26 Å². The van der Waals surface area contributed by atoms with Crippen molar-refractivity contribution in [3.05, 3.63) is 62.2 Å². The lowest BCUT2D eigenvalue weighted by atomic mass is 10.1. The molecule has 0 spiro atoms. The number of rotatable bonds is 2. The fourth-order valence-electron chi connectivity index (χ4n) is 1.70. The molecule has 2 aromatic carbocycles. The number of carbonyl (C=O) groups excluding carboxylic acids is 1. The van der Waals surface area contributed by atoms with Crippen LogP contribution in [0.5, 0.6) is 0 Å². The topological polar surface area (TPSA) is 20.3 Å². The Balaban J connectivity index is 2.28. The number of carbonyl (C=O) groups is 1. The SMILES string of the molecule is Cc1ccc(C(=O)N(C)c2ccc(Cl)cc2)cc1I. The first kappa shape index (κ1) is 14.3. The molecule has 0 fully saturated rings. The van der Waals surface area contributed by atoms with E-state index in [1.165, 1.54) is 5.56 Å². The van der Waals surface area contributed by atoms with Gasteiger partial charge in [-0.25, -0.2) is 0 Å². The van der Waals surface area contributed by atoms with Gasteiger partial charge in [-0.2, -0.15) is 0 Å². The van der Waals surface area contributed by atoms with Crippen molar-refractivity contribution in [2.45, 2.75) is 6.92 Å². The average Bonchev–Trinajstić information content (AvgIpc) is 2.41. The zero-order valence-corrected chi connectivity index (χ0v) is 13.6. The van der Waals surface area contributed by atoms with Crippen LogP contribution in [0, 0.1) is 10.5 Å². The molecule has 0 atom stereocenters. The summed E-state index contributed by atoms with van der Waals surface area (Å²) >= 11 is 8.08. The molecule has 0 aromatic heterocycles. The summed E-state index contributed by atoms with van der Waals surface area (Å²) in [4.78, 5) is 14.0. The lowest BCUT2D eigenvalue weighted by Crippen LogP contribution is -2.26. The van der Waals surface area contributed by atoms with Gasteiger partial charge in [-0.3, -0.25) is 4.79 Å². The van der Waals surface area contributed by atoms with E-state index < -0.39 is 0 Å². The molecular weight excluding hydrogens is 373 g/mol. The fourth-order valence-corrected chi connectivity index (χ4v) is 2.34. The highest BCUT2D eigenvalue weighted by molar-refractivity contribution is 14.1. The fraction of sp³-hybridized carbons (Fsp3) is 0.133. The summed E-state index contributed by atoms with van der Waals surface area (Å²) in [6.07, 6.45) is 0. The van der Waals surface area contributed by atoms with Crippen molar-refractivity contribution in [2.75, 3.05) is 11.9 Å². The zero-order valence-electron chi connectivity index (χ0n) is 10.7. The molecule has 0 N–H and O–H groups in total. The predicted octanol–water partition coefficient (Wildman–Crippen LogP) is 4.53. The summed E-state index contributed by atoms with van der Waals surface area (Å²) in [6, 6.07) is 12.9. The number of anilines is 1. The van der Waals surface area contributed by atoms with Crippen molar-refractivity contribution >= 4 is 45.8 Å². The van der Waals surface area contributed by atoms with Gasteiger partial charge in [0.25, 0.3) is 5.91 Å². The second-order valence-corrected chi connectivity index (χ2v) is 5.90. The van der Waals surface area contributed by atoms with Crippen LogP contribution in [-0.2, 0) is 0 Å². The Labute approximate surface area is 131 Å². The molecule has 0 aliphatic heterocycles. The third-order valence-corrected chi connectivity index (χ3v) is 4.35. The van der Waals surface area contributed by atoms with Crippen LogP contribution in [0.25, 0.3) is 0 Å². The van der Waals surface area contributed by atoms with Gasteiger partial charge in [-0.1, -0.05) is 17.7 Å². The Morgan fingerprint density at radius 1 is 1.16 bits per heavy atom. The van der Waals surface area contributed by atoms with Crippen molar-refractivity contribution < 1.29 is 4.79 Å². The lowest BCUT2D eigenvalue weighted by Gasteiger charge is -2.17. The second-order valence-electron chi connectivity index (χ2n) is 4.30. The quantitative estimate of drug-likeness (QED) is 0.696. The van der Waals surface area contributed by atoms with Crippen LogP contribution >= 0.6 is 34.2 Å². The molecule has 0 saturated heterocycles. The summed E-state index contributed by atoms with van der Waals surface area (Å²) < 4.78 is 1.09. The predicted molar refractivity (Wildman–Crippen MR) is 88.1 cm³/mol. The highest BCUT2D eigenvalue weighted by Crippen LogP contribution is 2.20. The molecule has 0 saturated carbocycles. The minimum Gasteiger partial charge on any atom is -0.311 e. The Morgan fingerprint density at radius 2 is 1.79 bits per heavy atom. The summed E-state index contributed by atoms with van der Waals surface area (Å²) in [6.45, 7) is 2.03. The van der Waals surface area contributed by atoms with Crippen molar-refractivity contribution in [1.29, 1.82) is 0 Å². The summed E-state index contributed by atoms with van der Waals surface area (Å²) in [5.41, 5.74) is 2.68. The number of halogens is 2.